The van der Waals surface area contributed by atoms with Crippen molar-refractivity contribution in [1.29, 1.82) is 0 Å². The third-order valence-electron chi connectivity index (χ3n) is 5.26. The topological polar surface area (TPSA) is 72.0 Å². The van der Waals surface area contributed by atoms with Crippen molar-refractivity contribution in [3.05, 3.63) is 46.3 Å². The number of carbonyl (C=O) groups excluding carboxylic acids is 1. The molecule has 1 amide bonds. The minimum atomic E-state index is -0.234. The normalized spacial score (nSPS) is 16.1. The second-order valence-corrected chi connectivity index (χ2v) is 8.03. The number of nitrogens with zero attached hydrogens (tertiary/aromatic N) is 1. The molecule has 1 aliphatic rings. The number of methoxy groups -OCH3 is 2. The molecule has 1 aliphatic carbocycles. The summed E-state index contributed by atoms with van der Waals surface area (Å²) >= 11 is 0. The monoisotopic (exact) mass is 399 g/mol. The molecular weight excluding hydrogens is 366 g/mol. The van der Waals surface area contributed by atoms with Crippen LogP contribution in [0.2, 0.25) is 0 Å². The Labute approximate surface area is 174 Å². The molecule has 1 aromatic carbocycles. The van der Waals surface area contributed by atoms with Crippen molar-refractivity contribution in [2.75, 3.05) is 14.2 Å². The SMILES string of the molecule is C=N/C(NC1(C)CC1)=C(\C)C(C(=O)NC(C)c1cc(OC)cc(OC)c1)=C(C)C. The fourth-order valence-corrected chi connectivity index (χ4v) is 3.17. The molecule has 0 radical (unpaired) electrons. The van der Waals surface area contributed by atoms with Gasteiger partial charge in [0.1, 0.15) is 17.3 Å². The smallest absolute Gasteiger partial charge is 0.252 e. The molecule has 0 heterocycles. The Morgan fingerprint density at radius 1 is 1.14 bits per heavy atom. The van der Waals surface area contributed by atoms with Gasteiger partial charge in [0.15, 0.2) is 0 Å². The molecule has 1 fully saturated rings. The van der Waals surface area contributed by atoms with Crippen LogP contribution in [-0.2, 0) is 4.79 Å². The van der Waals surface area contributed by atoms with E-state index in [1.54, 1.807) is 20.3 Å². The molecular formula is C23H33N3O3. The van der Waals surface area contributed by atoms with Crippen LogP contribution in [0.5, 0.6) is 11.5 Å². The van der Waals surface area contributed by atoms with Crippen LogP contribution in [-0.4, -0.2) is 32.4 Å². The van der Waals surface area contributed by atoms with Gasteiger partial charge in [-0.3, -0.25) is 4.79 Å². The van der Waals surface area contributed by atoms with Crippen LogP contribution in [0.15, 0.2) is 45.7 Å². The van der Waals surface area contributed by atoms with E-state index in [-0.39, 0.29) is 17.5 Å². The lowest BCUT2D eigenvalue weighted by Gasteiger charge is -2.21. The predicted octanol–water partition coefficient (Wildman–Crippen LogP) is 4.29. The average molecular weight is 400 g/mol. The summed E-state index contributed by atoms with van der Waals surface area (Å²) in [5.41, 5.74) is 3.27. The molecule has 1 unspecified atom stereocenters. The van der Waals surface area contributed by atoms with E-state index in [2.05, 4.69) is 29.3 Å². The van der Waals surface area contributed by atoms with Crippen LogP contribution < -0.4 is 20.1 Å². The first-order valence-electron chi connectivity index (χ1n) is 9.81. The number of ether oxygens (including phenoxy) is 2. The Morgan fingerprint density at radius 3 is 2.10 bits per heavy atom. The molecule has 0 aromatic heterocycles. The van der Waals surface area contributed by atoms with Crippen LogP contribution in [0.25, 0.3) is 0 Å². The lowest BCUT2D eigenvalue weighted by Crippen LogP contribution is -2.31. The molecule has 1 atom stereocenters. The Hall–Kier alpha value is -2.76. The third-order valence-corrected chi connectivity index (χ3v) is 5.26. The molecule has 0 aliphatic heterocycles. The number of benzene rings is 1. The molecule has 1 aromatic rings. The quantitative estimate of drug-likeness (QED) is 0.369. The van der Waals surface area contributed by atoms with E-state index in [1.807, 2.05) is 39.8 Å². The molecule has 0 bridgehead atoms. The summed E-state index contributed by atoms with van der Waals surface area (Å²) in [6.45, 7) is 13.5. The highest BCUT2D eigenvalue weighted by molar-refractivity contribution is 5.98. The van der Waals surface area contributed by atoms with Gasteiger partial charge < -0.3 is 20.1 Å². The maximum atomic E-state index is 13.2. The van der Waals surface area contributed by atoms with Crippen LogP contribution in [0.1, 0.15) is 59.1 Å². The Kier molecular flexibility index (Phi) is 7.11. The fourth-order valence-electron chi connectivity index (χ4n) is 3.17. The van der Waals surface area contributed by atoms with E-state index in [0.29, 0.717) is 22.9 Å². The number of allylic oxidation sites excluding steroid dienone is 1. The summed E-state index contributed by atoms with van der Waals surface area (Å²) in [4.78, 5) is 17.3. The van der Waals surface area contributed by atoms with Gasteiger partial charge in [-0.1, -0.05) is 5.57 Å². The summed E-state index contributed by atoms with van der Waals surface area (Å²) in [6, 6.07) is 5.36. The summed E-state index contributed by atoms with van der Waals surface area (Å²) in [5, 5.41) is 6.51. The molecule has 0 saturated heterocycles. The zero-order valence-electron chi connectivity index (χ0n) is 18.6. The van der Waals surface area contributed by atoms with E-state index in [0.717, 1.165) is 29.6 Å². The van der Waals surface area contributed by atoms with Crippen molar-refractivity contribution in [2.45, 2.75) is 59.0 Å². The summed E-state index contributed by atoms with van der Waals surface area (Å²) < 4.78 is 10.7. The van der Waals surface area contributed by atoms with Gasteiger partial charge in [-0.25, -0.2) is 4.99 Å². The van der Waals surface area contributed by atoms with Gasteiger partial charge in [0, 0.05) is 22.8 Å². The molecule has 158 valence electrons. The zero-order chi connectivity index (χ0) is 21.8. The van der Waals surface area contributed by atoms with Gasteiger partial charge in [-0.2, -0.15) is 0 Å². The van der Waals surface area contributed by atoms with Crippen molar-refractivity contribution < 1.29 is 14.3 Å². The first-order valence-corrected chi connectivity index (χ1v) is 9.81. The summed E-state index contributed by atoms with van der Waals surface area (Å²) in [5.74, 6) is 1.87. The standard InChI is InChI=1S/C23H33N3O3/c1-14(2)20(15(3)21(24-6)26-23(5)9-10-23)22(27)25-16(4)17-11-18(28-7)13-19(12-17)29-8/h11-13,16,26H,6,9-10H2,1-5,7-8H3,(H,25,27)/b21-15-. The van der Waals surface area contributed by atoms with Crippen LogP contribution in [0, 0.1) is 0 Å². The number of hydrogen-bond acceptors (Lipinski definition) is 5. The predicted molar refractivity (Wildman–Crippen MR) is 118 cm³/mol. The summed E-state index contributed by atoms with van der Waals surface area (Å²) in [6.07, 6.45) is 2.18. The molecule has 2 N–H and O–H groups in total. The first kappa shape index (κ1) is 22.5. The number of rotatable bonds is 9. The van der Waals surface area contributed by atoms with Gasteiger partial charge in [-0.15, -0.1) is 0 Å². The van der Waals surface area contributed by atoms with Crippen molar-refractivity contribution in [2.24, 2.45) is 4.99 Å². The maximum absolute atomic E-state index is 13.2. The molecule has 29 heavy (non-hydrogen) atoms. The number of amides is 1. The Balaban J connectivity index is 2.28. The lowest BCUT2D eigenvalue weighted by molar-refractivity contribution is -0.117. The highest BCUT2D eigenvalue weighted by Gasteiger charge is 2.38. The van der Waals surface area contributed by atoms with Gasteiger partial charge in [0.25, 0.3) is 5.91 Å². The van der Waals surface area contributed by atoms with Crippen LogP contribution >= 0.6 is 0 Å². The largest absolute Gasteiger partial charge is 0.497 e. The van der Waals surface area contributed by atoms with Crippen molar-refractivity contribution in [3.8, 4) is 11.5 Å². The molecule has 6 nitrogen and oxygen atoms in total. The van der Waals surface area contributed by atoms with Gasteiger partial charge >= 0.3 is 0 Å². The van der Waals surface area contributed by atoms with Crippen LogP contribution in [0.3, 0.4) is 0 Å². The number of carbonyl (C=O) groups is 1. The third kappa shape index (κ3) is 5.62. The highest BCUT2D eigenvalue weighted by atomic mass is 16.5. The molecule has 0 spiro atoms. The highest BCUT2D eigenvalue weighted by Crippen LogP contribution is 2.36. The summed E-state index contributed by atoms with van der Waals surface area (Å²) in [7, 11) is 3.21. The second-order valence-electron chi connectivity index (χ2n) is 8.03. The molecule has 2 rings (SSSR count). The molecule has 6 heteroatoms. The number of aliphatic imine (C=N–C) groups is 1. The Morgan fingerprint density at radius 2 is 1.69 bits per heavy atom. The lowest BCUT2D eigenvalue weighted by atomic mass is 10.00. The Bertz CT molecular complexity index is 825. The van der Waals surface area contributed by atoms with E-state index in [1.165, 1.54) is 0 Å². The number of nitrogens with one attached hydrogen (secondary N) is 2. The van der Waals surface area contributed by atoms with Crippen LogP contribution in [0.4, 0.5) is 0 Å². The van der Waals surface area contributed by atoms with Crippen molar-refractivity contribution in [3.63, 3.8) is 0 Å². The average Bonchev–Trinajstić information content (AvgIpc) is 3.42. The van der Waals surface area contributed by atoms with Gasteiger partial charge in [0.05, 0.1) is 20.3 Å². The fraction of sp³-hybridized carbons (Fsp3) is 0.478. The molecule has 1 saturated carbocycles. The van der Waals surface area contributed by atoms with Crippen molar-refractivity contribution in [1.82, 2.24) is 10.6 Å². The van der Waals surface area contributed by atoms with E-state index in [9.17, 15) is 4.79 Å². The zero-order valence-corrected chi connectivity index (χ0v) is 18.6. The van der Waals surface area contributed by atoms with Gasteiger partial charge in [0.2, 0.25) is 0 Å². The minimum absolute atomic E-state index is 0.0471. The van der Waals surface area contributed by atoms with Crippen molar-refractivity contribution >= 4 is 12.6 Å². The van der Waals surface area contributed by atoms with Gasteiger partial charge in [-0.05, 0) is 71.9 Å². The minimum Gasteiger partial charge on any atom is -0.497 e. The van der Waals surface area contributed by atoms with E-state index >= 15 is 0 Å². The first-order chi connectivity index (χ1) is 13.6. The second kappa shape index (κ2) is 9.16. The van der Waals surface area contributed by atoms with E-state index in [4.69, 9.17) is 9.47 Å². The maximum Gasteiger partial charge on any atom is 0.252 e. The number of hydrogen-bond donors (Lipinski definition) is 2. The van der Waals surface area contributed by atoms with E-state index < -0.39 is 0 Å².